The summed E-state index contributed by atoms with van der Waals surface area (Å²) in [6.45, 7) is 15.1. The number of hydrogen-bond donors (Lipinski definition) is 0. The first-order chi connectivity index (χ1) is 9.84. The molecule has 0 N–H and O–H groups in total. The van der Waals surface area contributed by atoms with E-state index >= 15 is 0 Å². The van der Waals surface area contributed by atoms with E-state index in [9.17, 15) is 0 Å². The summed E-state index contributed by atoms with van der Waals surface area (Å²) < 4.78 is 8.38. The van der Waals surface area contributed by atoms with Crippen LogP contribution in [-0.4, -0.2) is 49.4 Å². The Morgan fingerprint density at radius 2 is 1.14 bits per heavy atom. The molecule has 0 amide bonds. The second-order valence-corrected chi connectivity index (χ2v) is 22.4. The second-order valence-electron chi connectivity index (χ2n) is 6.48. The third-order valence-corrected chi connectivity index (χ3v) is 27.7. The average molecular weight is 460 g/mol. The van der Waals surface area contributed by atoms with E-state index < -0.39 is 20.8 Å². The molecular formula is C17H35HfN3. The average Bonchev–Trinajstić information content (AvgIpc) is 2.97. The molecule has 0 heterocycles. The van der Waals surface area contributed by atoms with Crippen LogP contribution in [0.15, 0.2) is 24.3 Å². The van der Waals surface area contributed by atoms with Crippen molar-refractivity contribution in [2.45, 2.75) is 37.8 Å². The van der Waals surface area contributed by atoms with Gasteiger partial charge in [-0.05, 0) is 0 Å². The monoisotopic (exact) mass is 461 g/mol. The summed E-state index contributed by atoms with van der Waals surface area (Å²) in [7, 11) is 7.05. The SMILES string of the molecule is CC[N](C)[Hf]([N](C)CC)([N](C)CC)[C]1(C(C)C)C=CC=C1. The molecule has 0 saturated heterocycles. The van der Waals surface area contributed by atoms with E-state index in [1.54, 1.807) is 0 Å². The molecule has 122 valence electrons. The molecule has 0 spiro atoms. The molecule has 1 aliphatic carbocycles. The van der Waals surface area contributed by atoms with E-state index in [1.165, 1.54) is 0 Å². The van der Waals surface area contributed by atoms with E-state index in [4.69, 9.17) is 0 Å². The normalized spacial score (nSPS) is 17.9. The van der Waals surface area contributed by atoms with Gasteiger partial charge in [-0.15, -0.1) is 0 Å². The number of nitrogens with zero attached hydrogens (tertiary/aromatic N) is 3. The zero-order chi connectivity index (χ0) is 16.3. The first-order valence-electron chi connectivity index (χ1n) is 8.35. The first kappa shape index (κ1) is 19.3. The Bertz CT molecular complexity index is 351. The minimum atomic E-state index is -3.21. The number of allylic oxidation sites excluding steroid dienone is 4. The van der Waals surface area contributed by atoms with Gasteiger partial charge in [0.25, 0.3) is 0 Å². The molecule has 4 heteroatoms. The van der Waals surface area contributed by atoms with Gasteiger partial charge in [-0.25, -0.2) is 0 Å². The van der Waals surface area contributed by atoms with E-state index in [1.807, 2.05) is 0 Å². The molecule has 1 aliphatic rings. The molecule has 0 aliphatic heterocycles. The standard InChI is InChI=1S/C8H11.3C3H8N.Hf/c1-7(2)8-5-3-4-6-8;3*1-3-4-2;/h3-7H,1-2H3;3*3H2,1-2H3;/q;3*-1;+3. The van der Waals surface area contributed by atoms with Crippen LogP contribution in [0.4, 0.5) is 0 Å². The zero-order valence-electron chi connectivity index (χ0n) is 15.3. The van der Waals surface area contributed by atoms with Gasteiger partial charge < -0.3 is 0 Å². The van der Waals surface area contributed by atoms with Gasteiger partial charge in [-0.2, -0.15) is 0 Å². The quantitative estimate of drug-likeness (QED) is 0.513. The van der Waals surface area contributed by atoms with Crippen molar-refractivity contribution >= 4 is 0 Å². The Morgan fingerprint density at radius 3 is 1.38 bits per heavy atom. The predicted molar refractivity (Wildman–Crippen MR) is 90.7 cm³/mol. The van der Waals surface area contributed by atoms with Crippen molar-refractivity contribution in [1.82, 2.24) is 8.66 Å². The number of rotatable bonds is 8. The summed E-state index contributed by atoms with van der Waals surface area (Å²) in [5.41, 5.74) is 0. The molecule has 0 unspecified atom stereocenters. The Balaban J connectivity index is 3.62. The minimum absolute atomic E-state index is 0.216. The van der Waals surface area contributed by atoms with E-state index in [-0.39, 0.29) is 3.17 Å². The summed E-state index contributed by atoms with van der Waals surface area (Å²) in [4.78, 5) is 0. The van der Waals surface area contributed by atoms with Crippen LogP contribution in [0.2, 0.25) is 3.17 Å². The summed E-state index contributed by atoms with van der Waals surface area (Å²) >= 11 is -3.21. The van der Waals surface area contributed by atoms with Crippen molar-refractivity contribution < 1.29 is 20.8 Å². The van der Waals surface area contributed by atoms with Crippen molar-refractivity contribution in [1.29, 1.82) is 0 Å². The fraction of sp³-hybridized carbons (Fsp3) is 0.765. The third kappa shape index (κ3) is 2.89. The van der Waals surface area contributed by atoms with Gasteiger partial charge in [-0.3, -0.25) is 0 Å². The molecule has 3 nitrogen and oxygen atoms in total. The molecule has 0 bridgehead atoms. The summed E-state index contributed by atoms with van der Waals surface area (Å²) in [5, 5.41) is 0. The summed E-state index contributed by atoms with van der Waals surface area (Å²) in [5.74, 6) is 0.617. The molecule has 0 saturated carbocycles. The summed E-state index contributed by atoms with van der Waals surface area (Å²) in [6, 6.07) is 0. The predicted octanol–water partition coefficient (Wildman–Crippen LogP) is 3.68. The molecule has 0 atom stereocenters. The van der Waals surface area contributed by atoms with Crippen LogP contribution in [0, 0.1) is 5.92 Å². The van der Waals surface area contributed by atoms with Crippen molar-refractivity contribution in [3.05, 3.63) is 24.3 Å². The molecule has 0 radical (unpaired) electrons. The van der Waals surface area contributed by atoms with Crippen molar-refractivity contribution in [2.24, 2.45) is 5.92 Å². The van der Waals surface area contributed by atoms with Gasteiger partial charge in [0.1, 0.15) is 0 Å². The topological polar surface area (TPSA) is 9.72 Å². The van der Waals surface area contributed by atoms with Crippen LogP contribution in [-0.2, 0) is 20.8 Å². The maximum atomic E-state index is 2.72. The fourth-order valence-corrected chi connectivity index (χ4v) is 27.2. The van der Waals surface area contributed by atoms with Crippen LogP contribution in [0.5, 0.6) is 0 Å². The molecule has 0 aromatic carbocycles. The van der Waals surface area contributed by atoms with Crippen LogP contribution >= 0.6 is 0 Å². The Morgan fingerprint density at radius 1 is 0.810 bits per heavy atom. The molecule has 21 heavy (non-hydrogen) atoms. The van der Waals surface area contributed by atoms with Gasteiger partial charge in [0, 0.05) is 0 Å². The molecular weight excluding hydrogens is 425 g/mol. The van der Waals surface area contributed by atoms with E-state index in [0.717, 1.165) is 19.6 Å². The Kier molecular flexibility index (Phi) is 7.04. The van der Waals surface area contributed by atoms with Crippen molar-refractivity contribution in [2.75, 3.05) is 40.8 Å². The van der Waals surface area contributed by atoms with E-state index in [0.29, 0.717) is 5.92 Å². The van der Waals surface area contributed by atoms with Gasteiger partial charge >= 0.3 is 138 Å². The summed E-state index contributed by atoms with van der Waals surface area (Å²) in [6.07, 6.45) is 9.55. The molecule has 0 aromatic heterocycles. The Labute approximate surface area is 138 Å². The first-order valence-corrected chi connectivity index (χ1v) is 15.0. The molecule has 0 fully saturated rings. The van der Waals surface area contributed by atoms with Gasteiger partial charge in [0.15, 0.2) is 0 Å². The Hall–Kier alpha value is 0.230. The number of hydrogen-bond acceptors (Lipinski definition) is 3. The van der Waals surface area contributed by atoms with Crippen molar-refractivity contribution in [3.8, 4) is 0 Å². The third-order valence-electron chi connectivity index (χ3n) is 5.41. The fourth-order valence-electron chi connectivity index (χ4n) is 4.01. The maximum absolute atomic E-state index is 3.21. The zero-order valence-corrected chi connectivity index (χ0v) is 18.9. The van der Waals surface area contributed by atoms with E-state index in [2.05, 4.69) is 88.7 Å². The van der Waals surface area contributed by atoms with Crippen LogP contribution < -0.4 is 0 Å². The van der Waals surface area contributed by atoms with Gasteiger partial charge in [0.2, 0.25) is 0 Å². The van der Waals surface area contributed by atoms with Crippen LogP contribution in [0.25, 0.3) is 0 Å². The molecule has 0 aromatic rings. The van der Waals surface area contributed by atoms with Gasteiger partial charge in [-0.1, -0.05) is 0 Å². The second kappa shape index (κ2) is 7.67. The van der Waals surface area contributed by atoms with Crippen LogP contribution in [0.1, 0.15) is 34.6 Å². The van der Waals surface area contributed by atoms with Crippen LogP contribution in [0.3, 0.4) is 0 Å². The van der Waals surface area contributed by atoms with Gasteiger partial charge in [0.05, 0.1) is 0 Å². The van der Waals surface area contributed by atoms with Crippen molar-refractivity contribution in [3.63, 3.8) is 0 Å². The molecule has 1 rings (SSSR count).